The Labute approximate surface area is 147 Å². The predicted molar refractivity (Wildman–Crippen MR) is 86.1 cm³/mol. The third-order valence-electron chi connectivity index (χ3n) is 3.96. The van der Waals surface area contributed by atoms with Crippen LogP contribution in [-0.2, 0) is 20.5 Å². The van der Waals surface area contributed by atoms with Crippen molar-refractivity contribution in [3.63, 3.8) is 0 Å². The summed E-state index contributed by atoms with van der Waals surface area (Å²) in [7, 11) is 1.21. The number of benzene rings is 1. The number of hydrogen-bond acceptors (Lipinski definition) is 5. The lowest BCUT2D eigenvalue weighted by atomic mass is 9.80. The van der Waals surface area contributed by atoms with Gasteiger partial charge in [0.15, 0.2) is 5.78 Å². The van der Waals surface area contributed by atoms with E-state index in [4.69, 9.17) is 0 Å². The number of rotatable bonds is 5. The van der Waals surface area contributed by atoms with Crippen molar-refractivity contribution in [2.75, 3.05) is 12.9 Å². The highest BCUT2D eigenvalue weighted by atomic mass is 32.2. The first-order chi connectivity index (χ1) is 11.7. The molecule has 0 fully saturated rings. The number of methoxy groups -OCH3 is 1. The van der Waals surface area contributed by atoms with E-state index in [1.807, 2.05) is 0 Å². The van der Waals surface area contributed by atoms with Crippen molar-refractivity contribution in [3.8, 4) is 0 Å². The highest BCUT2D eigenvalue weighted by Crippen LogP contribution is 2.34. The molecule has 0 radical (unpaired) electrons. The Hall–Kier alpha value is -1.96. The molecule has 136 valence electrons. The van der Waals surface area contributed by atoms with Gasteiger partial charge in [0.1, 0.15) is 11.7 Å². The molecule has 4 nitrogen and oxygen atoms in total. The first-order valence-corrected chi connectivity index (χ1v) is 8.52. The fourth-order valence-electron chi connectivity index (χ4n) is 2.71. The number of thioether (sulfide) groups is 1. The molecule has 0 saturated heterocycles. The molecule has 1 aromatic carbocycles. The van der Waals surface area contributed by atoms with Gasteiger partial charge in [0, 0.05) is 17.4 Å². The molecule has 1 N–H and O–H groups in total. The van der Waals surface area contributed by atoms with Crippen LogP contribution < -0.4 is 0 Å². The molecular formula is C17H17F3O4S. The zero-order valence-corrected chi connectivity index (χ0v) is 14.2. The van der Waals surface area contributed by atoms with Gasteiger partial charge in [-0.1, -0.05) is 0 Å². The minimum absolute atomic E-state index is 0.122. The van der Waals surface area contributed by atoms with Crippen LogP contribution in [0.1, 0.15) is 18.4 Å². The van der Waals surface area contributed by atoms with E-state index < -0.39 is 29.5 Å². The fraction of sp³-hybridized carbons (Fsp3) is 0.412. The van der Waals surface area contributed by atoms with Crippen LogP contribution in [0.15, 0.2) is 41.0 Å². The lowest BCUT2D eigenvalue weighted by Gasteiger charge is -2.27. The molecule has 8 heteroatoms. The van der Waals surface area contributed by atoms with Gasteiger partial charge in [0.05, 0.1) is 12.7 Å². The van der Waals surface area contributed by atoms with Crippen molar-refractivity contribution in [2.45, 2.75) is 23.9 Å². The van der Waals surface area contributed by atoms with Crippen LogP contribution in [0, 0.1) is 11.8 Å². The van der Waals surface area contributed by atoms with E-state index in [9.17, 15) is 27.9 Å². The quantitative estimate of drug-likeness (QED) is 0.623. The normalized spacial score (nSPS) is 21.0. The molecule has 2 unspecified atom stereocenters. The Balaban J connectivity index is 1.96. The summed E-state index contributed by atoms with van der Waals surface area (Å²) in [4.78, 5) is 24.1. The molecule has 0 heterocycles. The molecule has 2 rings (SSSR count). The van der Waals surface area contributed by atoms with Crippen molar-refractivity contribution < 1.29 is 32.6 Å². The Morgan fingerprint density at radius 1 is 1.32 bits per heavy atom. The summed E-state index contributed by atoms with van der Waals surface area (Å²) in [6, 6.07) is 4.79. The lowest BCUT2D eigenvalue weighted by molar-refractivity contribution is -0.147. The number of esters is 1. The smallest absolute Gasteiger partial charge is 0.416 e. The number of halogens is 3. The highest BCUT2D eigenvalue weighted by Gasteiger charge is 2.37. The van der Waals surface area contributed by atoms with Gasteiger partial charge in [-0.05, 0) is 42.4 Å². The number of ketones is 1. The second-order valence-corrected chi connectivity index (χ2v) is 6.83. The Morgan fingerprint density at radius 2 is 1.96 bits per heavy atom. The number of carbonyl (C=O) groups excluding carboxylic acids is 2. The van der Waals surface area contributed by atoms with Crippen LogP contribution in [0.3, 0.4) is 0 Å². The number of ether oxygens (including phenoxy) is 1. The van der Waals surface area contributed by atoms with Crippen LogP contribution in [-0.4, -0.2) is 29.7 Å². The summed E-state index contributed by atoms with van der Waals surface area (Å²) in [5.41, 5.74) is -0.712. The summed E-state index contributed by atoms with van der Waals surface area (Å²) in [6.45, 7) is 0. The van der Waals surface area contributed by atoms with E-state index in [-0.39, 0.29) is 18.0 Å². The van der Waals surface area contributed by atoms with Gasteiger partial charge < -0.3 is 9.84 Å². The van der Waals surface area contributed by atoms with Crippen molar-refractivity contribution >= 4 is 23.5 Å². The van der Waals surface area contributed by atoms with Crippen LogP contribution >= 0.6 is 11.8 Å². The van der Waals surface area contributed by atoms with Crippen molar-refractivity contribution in [3.05, 3.63) is 41.7 Å². The predicted octanol–water partition coefficient (Wildman–Crippen LogP) is 4.01. The molecule has 2 atom stereocenters. The maximum absolute atomic E-state index is 12.5. The monoisotopic (exact) mass is 374 g/mol. The van der Waals surface area contributed by atoms with E-state index in [1.54, 1.807) is 0 Å². The van der Waals surface area contributed by atoms with Crippen LogP contribution in [0.5, 0.6) is 0 Å². The third-order valence-corrected chi connectivity index (χ3v) is 5.00. The van der Waals surface area contributed by atoms with E-state index >= 15 is 0 Å². The zero-order valence-electron chi connectivity index (χ0n) is 13.4. The molecule has 1 aliphatic carbocycles. The molecule has 0 spiro atoms. The number of aliphatic hydroxyl groups is 1. The second-order valence-electron chi connectivity index (χ2n) is 5.66. The first-order valence-electron chi connectivity index (χ1n) is 7.53. The van der Waals surface area contributed by atoms with Crippen LogP contribution in [0.4, 0.5) is 13.2 Å². The number of hydrogen-bond donors (Lipinski definition) is 1. The minimum atomic E-state index is -4.37. The van der Waals surface area contributed by atoms with E-state index in [0.717, 1.165) is 18.2 Å². The Bertz CT molecular complexity index is 667. The standard InChI is InChI=1S/C17H17F3O4S/c1-24-16(23)15-10(8-12(21)9-14(15)22)6-7-25-13-4-2-11(3-5-13)17(18,19)20/h2-5,9-10,15,22H,6-8H2,1H3. The van der Waals surface area contributed by atoms with Gasteiger partial charge in [-0.2, -0.15) is 13.2 Å². The molecule has 1 aromatic rings. The van der Waals surface area contributed by atoms with E-state index in [0.29, 0.717) is 17.1 Å². The van der Waals surface area contributed by atoms with E-state index in [1.165, 1.54) is 31.0 Å². The van der Waals surface area contributed by atoms with Gasteiger partial charge in [-0.3, -0.25) is 9.59 Å². The van der Waals surface area contributed by atoms with Gasteiger partial charge in [-0.25, -0.2) is 0 Å². The number of aliphatic hydroxyl groups excluding tert-OH is 1. The fourth-order valence-corrected chi connectivity index (χ4v) is 3.69. The van der Waals surface area contributed by atoms with Crippen molar-refractivity contribution in [1.82, 2.24) is 0 Å². The molecule has 0 bridgehead atoms. The van der Waals surface area contributed by atoms with Crippen LogP contribution in [0.2, 0.25) is 0 Å². The Morgan fingerprint density at radius 3 is 2.52 bits per heavy atom. The molecule has 0 saturated carbocycles. The molecule has 0 amide bonds. The summed E-state index contributed by atoms with van der Waals surface area (Å²) < 4.78 is 42.3. The van der Waals surface area contributed by atoms with Crippen molar-refractivity contribution in [2.24, 2.45) is 11.8 Å². The first kappa shape index (κ1) is 19.4. The maximum Gasteiger partial charge on any atom is 0.416 e. The molecule has 0 aromatic heterocycles. The SMILES string of the molecule is COC(=O)C1C(O)=CC(=O)CC1CCSc1ccc(C(F)(F)F)cc1. The van der Waals surface area contributed by atoms with Crippen molar-refractivity contribution in [1.29, 1.82) is 0 Å². The molecule has 0 aliphatic heterocycles. The largest absolute Gasteiger partial charge is 0.511 e. The highest BCUT2D eigenvalue weighted by molar-refractivity contribution is 7.99. The topological polar surface area (TPSA) is 63.6 Å². The summed E-state index contributed by atoms with van der Waals surface area (Å²) >= 11 is 1.33. The summed E-state index contributed by atoms with van der Waals surface area (Å²) in [5, 5.41) is 9.86. The van der Waals surface area contributed by atoms with Crippen LogP contribution in [0.25, 0.3) is 0 Å². The van der Waals surface area contributed by atoms with Gasteiger partial charge >= 0.3 is 12.1 Å². The Kier molecular flexibility index (Phi) is 6.16. The summed E-state index contributed by atoms with van der Waals surface area (Å²) in [5.74, 6) is -1.95. The molecule has 25 heavy (non-hydrogen) atoms. The average Bonchev–Trinajstić information content (AvgIpc) is 2.53. The van der Waals surface area contributed by atoms with Gasteiger partial charge in [-0.15, -0.1) is 11.8 Å². The number of alkyl halides is 3. The third kappa shape index (κ3) is 5.01. The second kappa shape index (κ2) is 7.95. The summed E-state index contributed by atoms with van der Waals surface area (Å²) in [6.07, 6.45) is -2.77. The zero-order chi connectivity index (χ0) is 18.6. The van der Waals surface area contributed by atoms with Gasteiger partial charge in [0.2, 0.25) is 0 Å². The lowest BCUT2D eigenvalue weighted by Crippen LogP contribution is -2.32. The van der Waals surface area contributed by atoms with Gasteiger partial charge in [0.25, 0.3) is 0 Å². The average molecular weight is 374 g/mol. The number of allylic oxidation sites excluding steroid dienone is 1. The molecule has 1 aliphatic rings. The molecular weight excluding hydrogens is 357 g/mol. The maximum atomic E-state index is 12.5. The minimum Gasteiger partial charge on any atom is -0.511 e. The number of carbonyl (C=O) groups is 2. The van der Waals surface area contributed by atoms with E-state index in [2.05, 4.69) is 4.74 Å².